The maximum absolute atomic E-state index is 11.7. The van der Waals surface area contributed by atoms with E-state index in [1.165, 1.54) is 5.56 Å². The topological polar surface area (TPSA) is 54.4 Å². The van der Waals surface area contributed by atoms with Crippen LogP contribution in [0.5, 0.6) is 5.75 Å². The fraction of sp³-hybridized carbons (Fsp3) is 0.417. The standard InChI is InChI=1S/C24H28ClN3O3.ClH/c1-2-30-24(29)19-6-8-21(9-7-19)31-15-12-18-10-13-27(14-11-18)28-17-20-4-3-5-23(25)22(20)16-26-28;/h3-9,16,18H,2,10-15,17H2,1H3;1H. The molecule has 0 unspecified atom stereocenters. The second-order valence-electron chi connectivity index (χ2n) is 7.87. The number of nitrogens with zero attached hydrogens (tertiary/aromatic N) is 3. The van der Waals surface area contributed by atoms with E-state index in [-0.39, 0.29) is 18.4 Å². The van der Waals surface area contributed by atoms with Crippen molar-refractivity contribution in [2.75, 3.05) is 26.3 Å². The summed E-state index contributed by atoms with van der Waals surface area (Å²) in [7, 11) is 0. The Kier molecular flexibility index (Phi) is 8.79. The molecule has 0 saturated carbocycles. The maximum atomic E-state index is 11.7. The number of esters is 1. The van der Waals surface area contributed by atoms with E-state index in [0.717, 1.165) is 55.2 Å². The molecular weight excluding hydrogens is 449 g/mol. The summed E-state index contributed by atoms with van der Waals surface area (Å²) in [4.78, 5) is 11.7. The maximum Gasteiger partial charge on any atom is 0.338 e. The first-order valence-corrected chi connectivity index (χ1v) is 11.3. The van der Waals surface area contributed by atoms with E-state index in [1.54, 1.807) is 19.1 Å². The van der Waals surface area contributed by atoms with Crippen LogP contribution in [0.3, 0.4) is 0 Å². The van der Waals surface area contributed by atoms with E-state index in [4.69, 9.17) is 21.1 Å². The summed E-state index contributed by atoms with van der Waals surface area (Å²) in [5, 5.41) is 9.76. The lowest BCUT2D eigenvalue weighted by Gasteiger charge is -2.39. The van der Waals surface area contributed by atoms with E-state index < -0.39 is 0 Å². The summed E-state index contributed by atoms with van der Waals surface area (Å²) in [6, 6.07) is 13.2. The number of hydrazone groups is 1. The van der Waals surface area contributed by atoms with E-state index >= 15 is 0 Å². The lowest BCUT2D eigenvalue weighted by molar-refractivity contribution is -0.0575. The number of halogens is 2. The molecule has 2 aliphatic heterocycles. The molecule has 2 aliphatic rings. The minimum absolute atomic E-state index is 0. The van der Waals surface area contributed by atoms with Crippen LogP contribution in [-0.2, 0) is 11.3 Å². The van der Waals surface area contributed by atoms with Gasteiger partial charge in [-0.25, -0.2) is 14.9 Å². The monoisotopic (exact) mass is 477 g/mol. The van der Waals surface area contributed by atoms with Crippen LogP contribution in [0.15, 0.2) is 47.6 Å². The molecule has 172 valence electrons. The molecule has 8 heteroatoms. The Morgan fingerprint density at radius 3 is 2.62 bits per heavy atom. The van der Waals surface area contributed by atoms with Crippen LogP contribution < -0.4 is 4.74 Å². The van der Waals surface area contributed by atoms with Gasteiger partial charge < -0.3 is 9.47 Å². The average molecular weight is 478 g/mol. The zero-order valence-corrected chi connectivity index (χ0v) is 19.8. The fourth-order valence-electron chi connectivity index (χ4n) is 4.04. The molecule has 0 amide bonds. The highest BCUT2D eigenvalue weighted by molar-refractivity contribution is 6.33. The Hall–Kier alpha value is -2.28. The zero-order chi connectivity index (χ0) is 21.6. The van der Waals surface area contributed by atoms with Crippen molar-refractivity contribution in [1.29, 1.82) is 0 Å². The van der Waals surface area contributed by atoms with Crippen molar-refractivity contribution < 1.29 is 14.3 Å². The van der Waals surface area contributed by atoms with Gasteiger partial charge in [0, 0.05) is 23.7 Å². The molecule has 1 saturated heterocycles. The minimum atomic E-state index is -0.301. The Balaban J connectivity index is 0.00000289. The van der Waals surface area contributed by atoms with Gasteiger partial charge in [0.2, 0.25) is 0 Å². The smallest absolute Gasteiger partial charge is 0.338 e. The highest BCUT2D eigenvalue weighted by atomic mass is 35.5. The number of piperidine rings is 1. The van der Waals surface area contributed by atoms with Gasteiger partial charge in [0.15, 0.2) is 0 Å². The third kappa shape index (κ3) is 5.94. The molecular formula is C24H29Cl2N3O3. The summed E-state index contributed by atoms with van der Waals surface area (Å²) in [6.07, 6.45) is 5.14. The van der Waals surface area contributed by atoms with Crippen molar-refractivity contribution in [3.8, 4) is 5.75 Å². The Bertz CT molecular complexity index is 929. The Labute approximate surface area is 200 Å². The second kappa shape index (κ2) is 11.5. The summed E-state index contributed by atoms with van der Waals surface area (Å²) in [6.45, 7) is 5.60. The highest BCUT2D eigenvalue weighted by Gasteiger charge is 2.25. The molecule has 2 aromatic carbocycles. The first-order chi connectivity index (χ1) is 15.1. The third-order valence-electron chi connectivity index (χ3n) is 5.85. The van der Waals surface area contributed by atoms with Crippen molar-refractivity contribution in [1.82, 2.24) is 10.1 Å². The van der Waals surface area contributed by atoms with Gasteiger partial charge in [-0.05, 0) is 68.0 Å². The van der Waals surface area contributed by atoms with Gasteiger partial charge in [-0.1, -0.05) is 23.7 Å². The summed E-state index contributed by atoms with van der Waals surface area (Å²) in [5.74, 6) is 1.13. The lowest BCUT2D eigenvalue weighted by atomic mass is 9.94. The molecule has 0 aliphatic carbocycles. The van der Waals surface area contributed by atoms with E-state index in [1.807, 2.05) is 30.5 Å². The molecule has 0 atom stereocenters. The van der Waals surface area contributed by atoms with Crippen LogP contribution in [-0.4, -0.2) is 48.6 Å². The largest absolute Gasteiger partial charge is 0.494 e. The third-order valence-corrected chi connectivity index (χ3v) is 6.18. The number of benzene rings is 2. The summed E-state index contributed by atoms with van der Waals surface area (Å²) < 4.78 is 10.9. The molecule has 0 N–H and O–H groups in total. The molecule has 0 aromatic heterocycles. The first kappa shape index (κ1) is 24.4. The van der Waals surface area contributed by atoms with Crippen molar-refractivity contribution >= 4 is 36.2 Å². The van der Waals surface area contributed by atoms with Crippen LogP contribution in [0.1, 0.15) is 47.7 Å². The molecule has 6 nitrogen and oxygen atoms in total. The predicted octanol–water partition coefficient (Wildman–Crippen LogP) is 5.18. The number of fused-ring (bicyclic) bond motifs is 1. The lowest BCUT2D eigenvalue weighted by Crippen LogP contribution is -2.45. The van der Waals surface area contributed by atoms with Crippen LogP contribution in [0, 0.1) is 5.92 Å². The number of carbonyl (C=O) groups is 1. The quantitative estimate of drug-likeness (QED) is 0.513. The van der Waals surface area contributed by atoms with Gasteiger partial charge in [0.05, 0.1) is 31.5 Å². The normalized spacial score (nSPS) is 16.2. The molecule has 2 aromatic rings. The van der Waals surface area contributed by atoms with Gasteiger partial charge in [-0.2, -0.15) is 5.10 Å². The van der Waals surface area contributed by atoms with Gasteiger partial charge >= 0.3 is 5.97 Å². The number of hydrogen-bond acceptors (Lipinski definition) is 6. The second-order valence-corrected chi connectivity index (χ2v) is 8.27. The molecule has 1 fully saturated rings. The van der Waals surface area contributed by atoms with Crippen LogP contribution in [0.4, 0.5) is 0 Å². The highest BCUT2D eigenvalue weighted by Crippen LogP contribution is 2.27. The Morgan fingerprint density at radius 2 is 1.91 bits per heavy atom. The van der Waals surface area contributed by atoms with E-state index in [9.17, 15) is 4.79 Å². The number of carbonyl (C=O) groups excluding carboxylic acids is 1. The van der Waals surface area contributed by atoms with Gasteiger partial charge in [0.1, 0.15) is 5.75 Å². The van der Waals surface area contributed by atoms with Gasteiger partial charge in [-0.15, -0.1) is 12.4 Å². The number of hydrazine groups is 1. The SMILES string of the molecule is CCOC(=O)c1ccc(OCCC2CCN(N3Cc4cccc(Cl)c4C=N3)CC2)cc1.Cl. The Morgan fingerprint density at radius 1 is 1.16 bits per heavy atom. The van der Waals surface area contributed by atoms with Crippen molar-refractivity contribution in [2.24, 2.45) is 11.0 Å². The molecule has 4 rings (SSSR count). The fourth-order valence-corrected chi connectivity index (χ4v) is 4.28. The number of hydrogen-bond donors (Lipinski definition) is 0. The van der Waals surface area contributed by atoms with Crippen LogP contribution >= 0.6 is 24.0 Å². The van der Waals surface area contributed by atoms with Crippen molar-refractivity contribution in [3.05, 3.63) is 64.2 Å². The minimum Gasteiger partial charge on any atom is -0.494 e. The predicted molar refractivity (Wildman–Crippen MR) is 129 cm³/mol. The van der Waals surface area contributed by atoms with Gasteiger partial charge in [-0.3, -0.25) is 0 Å². The molecule has 2 heterocycles. The molecule has 0 spiro atoms. The number of ether oxygens (including phenoxy) is 2. The molecule has 0 radical (unpaired) electrons. The van der Waals surface area contributed by atoms with Crippen molar-refractivity contribution in [2.45, 2.75) is 32.7 Å². The molecule has 32 heavy (non-hydrogen) atoms. The molecule has 0 bridgehead atoms. The van der Waals surface area contributed by atoms with E-state index in [0.29, 0.717) is 24.7 Å². The van der Waals surface area contributed by atoms with Crippen LogP contribution in [0.25, 0.3) is 0 Å². The van der Waals surface area contributed by atoms with E-state index in [2.05, 4.69) is 21.3 Å². The number of rotatable bonds is 7. The average Bonchev–Trinajstić information content (AvgIpc) is 2.80. The van der Waals surface area contributed by atoms with Crippen LogP contribution in [0.2, 0.25) is 5.02 Å². The zero-order valence-electron chi connectivity index (χ0n) is 18.2. The summed E-state index contributed by atoms with van der Waals surface area (Å²) in [5.41, 5.74) is 2.79. The van der Waals surface area contributed by atoms with Gasteiger partial charge in [0.25, 0.3) is 0 Å². The van der Waals surface area contributed by atoms with Crippen molar-refractivity contribution in [3.63, 3.8) is 0 Å². The summed E-state index contributed by atoms with van der Waals surface area (Å²) >= 11 is 6.27. The first-order valence-electron chi connectivity index (χ1n) is 10.9.